The average Bonchev–Trinajstić information content (AvgIpc) is 2.63. The Balaban J connectivity index is 2.08. The lowest BCUT2D eigenvalue weighted by molar-refractivity contribution is 0.358. The fourth-order valence-corrected chi connectivity index (χ4v) is 18.0. The van der Waals surface area contributed by atoms with Crippen molar-refractivity contribution in [2.45, 2.75) is 12.8 Å². The van der Waals surface area contributed by atoms with E-state index >= 15 is 0 Å². The standard InChI is InChI=1S/C7H9Cl5N3OP3/c8-17(9)13-18(10,11)15-19(12,14-17)16-6-5-7-3-1-2-4-7/h1-3H,4-6H2. The summed E-state index contributed by atoms with van der Waals surface area (Å²) in [6.45, 7) is -2.65. The molecule has 12 heteroatoms. The Morgan fingerprint density at radius 3 is 2.32 bits per heavy atom. The molecule has 0 bridgehead atoms. The van der Waals surface area contributed by atoms with Gasteiger partial charge in [-0.25, -0.2) is 0 Å². The molecular weight excluding hydrogens is 412 g/mol. The molecule has 0 spiro atoms. The molecule has 0 amide bonds. The van der Waals surface area contributed by atoms with E-state index < -0.39 is 18.6 Å². The van der Waals surface area contributed by atoms with Crippen LogP contribution < -0.4 is 0 Å². The molecule has 1 aliphatic heterocycles. The van der Waals surface area contributed by atoms with E-state index in [1.165, 1.54) is 5.57 Å². The summed E-state index contributed by atoms with van der Waals surface area (Å²) in [5, 5.41) is 0. The van der Waals surface area contributed by atoms with Crippen LogP contribution in [-0.2, 0) is 4.52 Å². The summed E-state index contributed by atoms with van der Waals surface area (Å²) in [4.78, 5) is 0. The third-order valence-corrected chi connectivity index (χ3v) is 14.3. The van der Waals surface area contributed by atoms with E-state index in [9.17, 15) is 0 Å². The van der Waals surface area contributed by atoms with Crippen molar-refractivity contribution < 1.29 is 4.52 Å². The zero-order valence-corrected chi connectivity index (χ0v) is 15.8. The summed E-state index contributed by atoms with van der Waals surface area (Å²) in [6, 6.07) is 0. The summed E-state index contributed by atoms with van der Waals surface area (Å²) in [7, 11) is 0. The van der Waals surface area contributed by atoms with Gasteiger partial charge in [0, 0.05) is 0 Å². The van der Waals surface area contributed by atoms with Crippen molar-refractivity contribution >= 4 is 74.8 Å². The van der Waals surface area contributed by atoms with Gasteiger partial charge in [0.05, 0.1) is 6.61 Å². The van der Waals surface area contributed by atoms with Crippen molar-refractivity contribution in [3.05, 3.63) is 23.8 Å². The first kappa shape index (κ1) is 16.9. The van der Waals surface area contributed by atoms with Crippen LogP contribution in [0.5, 0.6) is 0 Å². The fraction of sp³-hybridized carbons (Fsp3) is 0.429. The molecule has 19 heavy (non-hydrogen) atoms. The molecule has 2 rings (SSSR count). The highest BCUT2D eigenvalue weighted by Crippen LogP contribution is 2.86. The molecule has 0 N–H and O–H groups in total. The van der Waals surface area contributed by atoms with Crippen molar-refractivity contribution in [1.82, 2.24) is 0 Å². The van der Waals surface area contributed by atoms with Crippen molar-refractivity contribution in [1.29, 1.82) is 0 Å². The van der Waals surface area contributed by atoms with Crippen LogP contribution in [0.25, 0.3) is 0 Å². The first-order valence-corrected chi connectivity index (χ1v) is 14.6. The van der Waals surface area contributed by atoms with Gasteiger partial charge in [-0.05, 0) is 69.0 Å². The minimum absolute atomic E-state index is 0.360. The Morgan fingerprint density at radius 1 is 1.05 bits per heavy atom. The monoisotopic (exact) mass is 419 g/mol. The Labute approximate surface area is 135 Å². The fourth-order valence-electron chi connectivity index (χ4n) is 1.47. The maximum Gasteiger partial charge on any atom is 0.299 e. The number of nitrogens with zero attached hydrogens (tertiary/aromatic N) is 3. The second-order valence-electron chi connectivity index (χ2n) is 3.69. The van der Waals surface area contributed by atoms with E-state index in [1.807, 2.05) is 12.2 Å². The Hall–Kier alpha value is 1.58. The SMILES string of the molecule is ClP1(Cl)=NP(Cl)(Cl)=NP(Cl)(OCCC2=CC=CC2)=N1. The lowest BCUT2D eigenvalue weighted by Crippen LogP contribution is -1.91. The lowest BCUT2D eigenvalue weighted by atomic mass is 10.2. The van der Waals surface area contributed by atoms with Gasteiger partial charge >= 0.3 is 0 Å². The molecule has 1 heterocycles. The highest BCUT2D eigenvalue weighted by Gasteiger charge is 2.33. The van der Waals surface area contributed by atoms with Crippen LogP contribution in [0.15, 0.2) is 37.3 Å². The first-order valence-electron chi connectivity index (χ1n) is 5.09. The highest BCUT2D eigenvalue weighted by molar-refractivity contribution is 8.22. The molecule has 0 aromatic carbocycles. The van der Waals surface area contributed by atoms with E-state index in [4.69, 9.17) is 60.7 Å². The molecule has 108 valence electrons. The van der Waals surface area contributed by atoms with Crippen LogP contribution in [0.1, 0.15) is 12.8 Å². The second kappa shape index (κ2) is 6.37. The van der Waals surface area contributed by atoms with Gasteiger partial charge in [0.25, 0.3) is 18.6 Å². The van der Waals surface area contributed by atoms with Gasteiger partial charge in [-0.3, -0.25) is 0 Å². The van der Waals surface area contributed by atoms with Gasteiger partial charge in [0.1, 0.15) is 0 Å². The molecule has 0 saturated carbocycles. The summed E-state index contributed by atoms with van der Waals surface area (Å²) < 4.78 is 17.3. The minimum Gasteiger partial charge on any atom is -0.315 e. The van der Waals surface area contributed by atoms with E-state index in [0.717, 1.165) is 12.8 Å². The topological polar surface area (TPSA) is 46.3 Å². The number of allylic oxidation sites excluding steroid dienone is 3. The number of hydrogen-bond acceptors (Lipinski definition) is 4. The maximum absolute atomic E-state index is 6.21. The largest absolute Gasteiger partial charge is 0.315 e. The molecule has 1 atom stereocenters. The third-order valence-electron chi connectivity index (χ3n) is 2.18. The van der Waals surface area contributed by atoms with Crippen molar-refractivity contribution in [2.75, 3.05) is 6.61 Å². The first-order chi connectivity index (χ1) is 8.70. The van der Waals surface area contributed by atoms with Gasteiger partial charge in [-0.1, -0.05) is 23.8 Å². The Morgan fingerprint density at radius 2 is 1.74 bits per heavy atom. The molecule has 0 radical (unpaired) electrons. The van der Waals surface area contributed by atoms with E-state index in [-0.39, 0.29) is 0 Å². The maximum atomic E-state index is 6.21. The quantitative estimate of drug-likeness (QED) is 0.421. The summed E-state index contributed by atoms with van der Waals surface area (Å²) in [5.41, 5.74) is 1.25. The van der Waals surface area contributed by atoms with E-state index in [1.54, 1.807) is 0 Å². The van der Waals surface area contributed by atoms with Crippen LogP contribution >= 0.6 is 74.8 Å². The Bertz CT molecular complexity index is 594. The zero-order valence-electron chi connectivity index (χ0n) is 9.33. The number of halogens is 5. The van der Waals surface area contributed by atoms with Gasteiger partial charge in [0.15, 0.2) is 0 Å². The van der Waals surface area contributed by atoms with Gasteiger partial charge < -0.3 is 4.52 Å². The molecule has 1 unspecified atom stereocenters. The lowest BCUT2D eigenvalue weighted by Gasteiger charge is -2.21. The van der Waals surface area contributed by atoms with E-state index in [2.05, 4.69) is 19.6 Å². The molecule has 1 aliphatic carbocycles. The van der Waals surface area contributed by atoms with Crippen molar-refractivity contribution in [3.63, 3.8) is 0 Å². The van der Waals surface area contributed by atoms with Crippen LogP contribution in [-0.4, -0.2) is 6.61 Å². The molecule has 0 fully saturated rings. The van der Waals surface area contributed by atoms with Crippen molar-refractivity contribution in [2.24, 2.45) is 13.5 Å². The predicted molar refractivity (Wildman–Crippen MR) is 89.7 cm³/mol. The van der Waals surface area contributed by atoms with Crippen LogP contribution in [0.2, 0.25) is 0 Å². The van der Waals surface area contributed by atoms with Gasteiger partial charge in [-0.2, -0.15) is 13.5 Å². The minimum atomic E-state index is -3.01. The van der Waals surface area contributed by atoms with Gasteiger partial charge in [0.2, 0.25) is 0 Å². The molecule has 0 aromatic heterocycles. The van der Waals surface area contributed by atoms with Crippen molar-refractivity contribution in [3.8, 4) is 0 Å². The van der Waals surface area contributed by atoms with E-state index in [0.29, 0.717) is 6.61 Å². The highest BCUT2D eigenvalue weighted by atomic mass is 35.9. The van der Waals surface area contributed by atoms with Crippen LogP contribution in [0, 0.1) is 0 Å². The molecule has 0 saturated heterocycles. The number of rotatable bonds is 4. The predicted octanol–water partition coefficient (Wildman–Crippen LogP) is 8.33. The van der Waals surface area contributed by atoms with Crippen LogP contribution in [0.3, 0.4) is 0 Å². The molecule has 2 aliphatic rings. The normalized spacial score (nSPS) is 31.1. The summed E-state index contributed by atoms with van der Waals surface area (Å²) in [5.74, 6) is -5.99. The zero-order chi connectivity index (χ0) is 14.1. The third kappa shape index (κ3) is 5.37. The summed E-state index contributed by atoms with van der Waals surface area (Å²) >= 11 is 29.9. The Kier molecular flexibility index (Phi) is 5.68. The number of hydrogen-bond donors (Lipinski definition) is 0. The summed E-state index contributed by atoms with van der Waals surface area (Å²) in [6.07, 6.45) is 7.75. The average molecular weight is 421 g/mol. The van der Waals surface area contributed by atoms with Gasteiger partial charge in [-0.15, -0.1) is 0 Å². The second-order valence-corrected chi connectivity index (χ2v) is 16.9. The molecule has 0 aromatic rings. The molecule has 4 nitrogen and oxygen atoms in total. The van der Waals surface area contributed by atoms with Crippen LogP contribution in [0.4, 0.5) is 0 Å². The molecular formula is C7H9Cl5N3OP3. The smallest absolute Gasteiger partial charge is 0.299 e.